The number of carbonyl (C=O) groups excluding carboxylic acids is 1. The molecular formula is C19H23N5O2S2. The number of nitrogens with zero attached hydrogens (tertiary/aromatic N) is 4. The number of nitrogens with one attached hydrogen (secondary N) is 1. The molecule has 1 amide bonds. The Morgan fingerprint density at radius 3 is 2.96 bits per heavy atom. The van der Waals surface area contributed by atoms with Gasteiger partial charge < -0.3 is 9.84 Å². The topological polar surface area (TPSA) is 85.8 Å². The van der Waals surface area contributed by atoms with Crippen molar-refractivity contribution in [3.8, 4) is 10.7 Å². The van der Waals surface area contributed by atoms with E-state index in [0.29, 0.717) is 17.6 Å². The molecule has 0 bridgehead atoms. The summed E-state index contributed by atoms with van der Waals surface area (Å²) >= 11 is 3.16. The van der Waals surface area contributed by atoms with Crippen LogP contribution in [0.3, 0.4) is 0 Å². The van der Waals surface area contributed by atoms with Gasteiger partial charge in [0.05, 0.1) is 10.1 Å². The van der Waals surface area contributed by atoms with Crippen LogP contribution in [0.2, 0.25) is 0 Å². The molecule has 1 unspecified atom stereocenters. The number of amides is 1. The molecule has 3 aromatic rings. The predicted octanol–water partition coefficient (Wildman–Crippen LogP) is 4.93. The lowest BCUT2D eigenvalue weighted by atomic mass is 10.2. The van der Waals surface area contributed by atoms with E-state index in [1.807, 2.05) is 11.4 Å². The maximum atomic E-state index is 12.9. The average molecular weight is 418 g/mol. The van der Waals surface area contributed by atoms with Gasteiger partial charge in [-0.1, -0.05) is 42.8 Å². The summed E-state index contributed by atoms with van der Waals surface area (Å²) in [4.78, 5) is 14.0. The van der Waals surface area contributed by atoms with E-state index in [2.05, 4.69) is 38.2 Å². The van der Waals surface area contributed by atoms with Crippen LogP contribution >= 0.6 is 23.1 Å². The minimum absolute atomic E-state index is 0.0743. The van der Waals surface area contributed by atoms with Crippen molar-refractivity contribution in [2.75, 3.05) is 5.32 Å². The third-order valence-electron chi connectivity index (χ3n) is 4.56. The Morgan fingerprint density at radius 1 is 1.46 bits per heavy atom. The minimum atomic E-state index is -0.255. The zero-order valence-electron chi connectivity index (χ0n) is 15.9. The van der Waals surface area contributed by atoms with E-state index in [1.165, 1.54) is 11.8 Å². The van der Waals surface area contributed by atoms with E-state index in [-0.39, 0.29) is 11.2 Å². The number of thiophene rings is 1. The third kappa shape index (κ3) is 4.30. The number of thioether (sulfide) groups is 1. The summed E-state index contributed by atoms with van der Waals surface area (Å²) in [5.41, 5.74) is 0. The molecule has 0 aliphatic heterocycles. The highest BCUT2D eigenvalue weighted by molar-refractivity contribution is 8.00. The summed E-state index contributed by atoms with van der Waals surface area (Å²) in [5, 5.41) is 18.2. The van der Waals surface area contributed by atoms with Crippen LogP contribution < -0.4 is 5.32 Å². The highest BCUT2D eigenvalue weighted by Crippen LogP contribution is 2.42. The second-order valence-corrected chi connectivity index (χ2v) is 9.06. The molecule has 1 fully saturated rings. The minimum Gasteiger partial charge on any atom is -0.360 e. The van der Waals surface area contributed by atoms with Crippen molar-refractivity contribution in [2.45, 2.75) is 62.4 Å². The fourth-order valence-corrected chi connectivity index (χ4v) is 4.83. The molecule has 3 aromatic heterocycles. The zero-order chi connectivity index (χ0) is 19.5. The molecule has 9 heteroatoms. The second-order valence-electron chi connectivity index (χ2n) is 6.95. The molecule has 1 N–H and O–H groups in total. The molecule has 4 rings (SSSR count). The molecule has 1 aliphatic carbocycles. The monoisotopic (exact) mass is 417 g/mol. The van der Waals surface area contributed by atoms with E-state index in [4.69, 9.17) is 4.52 Å². The van der Waals surface area contributed by atoms with Crippen LogP contribution in [-0.4, -0.2) is 31.1 Å². The Bertz CT molecular complexity index is 930. The smallest absolute Gasteiger partial charge is 0.239 e. The summed E-state index contributed by atoms with van der Waals surface area (Å²) in [6, 6.07) is 6.25. The Morgan fingerprint density at radius 2 is 2.32 bits per heavy atom. The number of aryl methyl sites for hydroxylation is 1. The van der Waals surface area contributed by atoms with Crippen LogP contribution in [0.4, 0.5) is 5.82 Å². The van der Waals surface area contributed by atoms with Crippen molar-refractivity contribution in [1.82, 2.24) is 19.9 Å². The number of aromatic nitrogens is 4. The van der Waals surface area contributed by atoms with E-state index >= 15 is 0 Å². The van der Waals surface area contributed by atoms with Gasteiger partial charge >= 0.3 is 0 Å². The first-order chi connectivity index (χ1) is 13.7. The number of carbonyl (C=O) groups is 1. The highest BCUT2D eigenvalue weighted by atomic mass is 32.2. The van der Waals surface area contributed by atoms with Crippen LogP contribution in [0.5, 0.6) is 0 Å². The van der Waals surface area contributed by atoms with Crippen LogP contribution in [0.1, 0.15) is 50.8 Å². The van der Waals surface area contributed by atoms with Gasteiger partial charge in [0, 0.05) is 12.1 Å². The van der Waals surface area contributed by atoms with Gasteiger partial charge in [0.15, 0.2) is 16.8 Å². The molecule has 7 nitrogen and oxygen atoms in total. The Hall–Kier alpha value is -2.13. The van der Waals surface area contributed by atoms with Crippen LogP contribution in [-0.2, 0) is 4.79 Å². The Labute approximate surface area is 171 Å². The fraction of sp³-hybridized carbons (Fsp3) is 0.474. The van der Waals surface area contributed by atoms with Gasteiger partial charge in [-0.2, -0.15) is 0 Å². The molecule has 1 atom stereocenters. The summed E-state index contributed by atoms with van der Waals surface area (Å²) in [5.74, 6) is 1.95. The van der Waals surface area contributed by atoms with Gasteiger partial charge in [0.25, 0.3) is 0 Å². The van der Waals surface area contributed by atoms with Crippen molar-refractivity contribution >= 4 is 34.8 Å². The summed E-state index contributed by atoms with van der Waals surface area (Å²) < 4.78 is 7.26. The molecule has 1 aliphatic rings. The van der Waals surface area contributed by atoms with Crippen molar-refractivity contribution in [3.05, 3.63) is 29.3 Å². The molecule has 0 aromatic carbocycles. The SMILES string of the molecule is CCCCC(Sc1nnc(-c2cccs2)n1C1CC1)C(=O)Nc1cc(C)on1. The quantitative estimate of drug-likeness (QED) is 0.497. The van der Waals surface area contributed by atoms with E-state index in [0.717, 1.165) is 48.0 Å². The molecule has 0 spiro atoms. The van der Waals surface area contributed by atoms with Gasteiger partial charge in [-0.3, -0.25) is 9.36 Å². The van der Waals surface area contributed by atoms with Crippen LogP contribution in [0, 0.1) is 6.92 Å². The number of hydrogen-bond acceptors (Lipinski definition) is 7. The number of unbranched alkanes of at least 4 members (excludes halogenated alkanes) is 1. The maximum absolute atomic E-state index is 12.9. The maximum Gasteiger partial charge on any atom is 0.239 e. The van der Waals surface area contributed by atoms with E-state index in [9.17, 15) is 4.79 Å². The van der Waals surface area contributed by atoms with Gasteiger partial charge in [-0.15, -0.1) is 21.5 Å². The van der Waals surface area contributed by atoms with Gasteiger partial charge in [0.2, 0.25) is 5.91 Å². The van der Waals surface area contributed by atoms with Crippen molar-refractivity contribution in [1.29, 1.82) is 0 Å². The van der Waals surface area contributed by atoms with Gasteiger partial charge in [-0.05, 0) is 37.6 Å². The first-order valence-corrected chi connectivity index (χ1v) is 11.3. The predicted molar refractivity (Wildman–Crippen MR) is 111 cm³/mol. The lowest BCUT2D eigenvalue weighted by molar-refractivity contribution is -0.115. The molecule has 148 valence electrons. The van der Waals surface area contributed by atoms with E-state index in [1.54, 1.807) is 24.3 Å². The number of hydrogen-bond donors (Lipinski definition) is 1. The fourth-order valence-electron chi connectivity index (χ4n) is 2.99. The summed E-state index contributed by atoms with van der Waals surface area (Å²) in [7, 11) is 0. The third-order valence-corrected chi connectivity index (χ3v) is 6.65. The van der Waals surface area contributed by atoms with Crippen molar-refractivity contribution in [3.63, 3.8) is 0 Å². The normalized spacial score (nSPS) is 14.9. The molecule has 28 heavy (non-hydrogen) atoms. The van der Waals surface area contributed by atoms with Crippen LogP contribution in [0.15, 0.2) is 33.3 Å². The Balaban J connectivity index is 1.55. The first-order valence-electron chi connectivity index (χ1n) is 9.55. The number of rotatable bonds is 9. The first kappa shape index (κ1) is 19.2. The summed E-state index contributed by atoms with van der Waals surface area (Å²) in [6.45, 7) is 3.93. The molecule has 0 saturated heterocycles. The average Bonchev–Trinajstić information content (AvgIpc) is 3.07. The number of anilines is 1. The van der Waals surface area contributed by atoms with Crippen molar-refractivity contribution < 1.29 is 9.32 Å². The summed E-state index contributed by atoms with van der Waals surface area (Å²) in [6.07, 6.45) is 5.04. The van der Waals surface area contributed by atoms with Gasteiger partial charge in [-0.25, -0.2) is 0 Å². The van der Waals surface area contributed by atoms with Crippen LogP contribution in [0.25, 0.3) is 10.7 Å². The molecule has 3 heterocycles. The molecular weight excluding hydrogens is 394 g/mol. The van der Waals surface area contributed by atoms with Crippen molar-refractivity contribution in [2.24, 2.45) is 0 Å². The Kier molecular flexibility index (Phi) is 5.82. The van der Waals surface area contributed by atoms with E-state index < -0.39 is 0 Å². The van der Waals surface area contributed by atoms with Gasteiger partial charge in [0.1, 0.15) is 5.76 Å². The molecule has 0 radical (unpaired) electrons. The lowest BCUT2D eigenvalue weighted by Crippen LogP contribution is -2.26. The molecule has 1 saturated carbocycles. The highest BCUT2D eigenvalue weighted by Gasteiger charge is 2.32. The standard InChI is InChI=1S/C19H23N5O2S2/c1-3-4-6-15(18(25)20-16-11-12(2)26-23-16)28-19-22-21-17(14-7-5-10-27-14)24(19)13-8-9-13/h5,7,10-11,13,15H,3-4,6,8-9H2,1-2H3,(H,20,23,25). The zero-order valence-corrected chi connectivity index (χ0v) is 17.6. The lowest BCUT2D eigenvalue weighted by Gasteiger charge is -2.16. The largest absolute Gasteiger partial charge is 0.360 e. The second kappa shape index (κ2) is 8.48.